The fourth-order valence-electron chi connectivity index (χ4n) is 3.66. The Hall–Kier alpha value is -2.40. The Morgan fingerprint density at radius 3 is 2.83 bits per heavy atom. The highest BCUT2D eigenvalue weighted by molar-refractivity contribution is 5.54. The van der Waals surface area contributed by atoms with Crippen LogP contribution in [-0.2, 0) is 13.6 Å². The summed E-state index contributed by atoms with van der Waals surface area (Å²) in [5.74, 6) is 1.40. The van der Waals surface area contributed by atoms with Crippen LogP contribution in [0.2, 0.25) is 0 Å². The van der Waals surface area contributed by atoms with Gasteiger partial charge in [0.2, 0.25) is 5.82 Å². The highest BCUT2D eigenvalue weighted by atomic mass is 16.5. The molecule has 0 radical (unpaired) electrons. The normalized spacial score (nSPS) is 20.6. The van der Waals surface area contributed by atoms with Gasteiger partial charge in [-0.2, -0.15) is 4.98 Å². The minimum Gasteiger partial charge on any atom is -0.350 e. The average molecular weight is 323 g/mol. The van der Waals surface area contributed by atoms with Crippen molar-refractivity contribution in [2.24, 2.45) is 7.05 Å². The van der Waals surface area contributed by atoms with Crippen LogP contribution >= 0.6 is 0 Å². The molecule has 4 rings (SSSR count). The highest BCUT2D eigenvalue weighted by Gasteiger charge is 2.32. The summed E-state index contributed by atoms with van der Waals surface area (Å²) in [4.78, 5) is 6.12. The highest BCUT2D eigenvalue weighted by Crippen LogP contribution is 2.20. The number of aryl methyl sites for hydroxylation is 2. The number of nitrogens with zero attached hydrogens (tertiary/aromatic N) is 3. The summed E-state index contributed by atoms with van der Waals surface area (Å²) in [6, 6.07) is 13.1. The van der Waals surface area contributed by atoms with Crippen LogP contribution in [0.3, 0.4) is 0 Å². The van der Waals surface area contributed by atoms with E-state index in [9.17, 15) is 0 Å². The molecule has 0 saturated carbocycles. The molecule has 1 N–H and O–H groups in total. The van der Waals surface area contributed by atoms with E-state index in [1.807, 2.05) is 12.1 Å². The molecule has 3 heterocycles. The molecule has 3 aromatic rings. The quantitative estimate of drug-likeness (QED) is 0.801. The van der Waals surface area contributed by atoms with Gasteiger partial charge in [0.25, 0.3) is 5.89 Å². The van der Waals surface area contributed by atoms with Crippen molar-refractivity contribution in [1.29, 1.82) is 0 Å². The van der Waals surface area contributed by atoms with E-state index in [4.69, 9.17) is 4.52 Å². The summed E-state index contributed by atoms with van der Waals surface area (Å²) in [6.07, 6.45) is 4.57. The van der Waals surface area contributed by atoms with Gasteiger partial charge in [-0.15, -0.1) is 0 Å². The zero-order valence-corrected chi connectivity index (χ0v) is 14.2. The molecule has 5 nitrogen and oxygen atoms in total. The van der Waals surface area contributed by atoms with Crippen molar-refractivity contribution in [3.8, 4) is 11.4 Å². The third-order valence-corrected chi connectivity index (χ3v) is 4.98. The Bertz CT molecular complexity index is 818. The van der Waals surface area contributed by atoms with Gasteiger partial charge in [0.1, 0.15) is 6.04 Å². The second-order valence-corrected chi connectivity index (χ2v) is 6.70. The number of quaternary nitrogens is 1. The number of likely N-dealkylation sites (tertiary alicyclic amines) is 1. The van der Waals surface area contributed by atoms with E-state index >= 15 is 0 Å². The van der Waals surface area contributed by atoms with E-state index in [2.05, 4.69) is 59.1 Å². The van der Waals surface area contributed by atoms with Crippen molar-refractivity contribution in [1.82, 2.24) is 14.7 Å². The van der Waals surface area contributed by atoms with Gasteiger partial charge in [0, 0.05) is 31.6 Å². The summed E-state index contributed by atoms with van der Waals surface area (Å²) in [7, 11) is 2.12. The topological polar surface area (TPSA) is 48.3 Å². The Balaban J connectivity index is 1.51. The molecule has 1 aliphatic heterocycles. The average Bonchev–Trinajstić information content (AvgIpc) is 3.30. The van der Waals surface area contributed by atoms with Crippen LogP contribution in [-0.4, -0.2) is 21.3 Å². The first kappa shape index (κ1) is 15.1. The van der Waals surface area contributed by atoms with Crippen LogP contribution in [0.15, 0.2) is 47.1 Å². The number of benzene rings is 1. The number of nitrogens with one attached hydrogen (secondary N) is 1. The lowest BCUT2D eigenvalue weighted by molar-refractivity contribution is -0.933. The second-order valence-electron chi connectivity index (χ2n) is 6.70. The maximum atomic E-state index is 5.52. The number of hydrogen-bond donors (Lipinski definition) is 1. The van der Waals surface area contributed by atoms with Gasteiger partial charge >= 0.3 is 0 Å². The third-order valence-electron chi connectivity index (χ3n) is 4.98. The van der Waals surface area contributed by atoms with Crippen LogP contribution in [0.25, 0.3) is 11.4 Å². The first-order valence-electron chi connectivity index (χ1n) is 8.56. The van der Waals surface area contributed by atoms with Gasteiger partial charge in [-0.05, 0) is 19.1 Å². The maximum Gasteiger partial charge on any atom is 0.282 e. The Kier molecular flexibility index (Phi) is 3.94. The van der Waals surface area contributed by atoms with Gasteiger partial charge in [-0.25, -0.2) is 0 Å². The smallest absolute Gasteiger partial charge is 0.282 e. The van der Waals surface area contributed by atoms with E-state index in [1.54, 1.807) is 0 Å². The largest absolute Gasteiger partial charge is 0.350 e. The molecule has 0 spiro atoms. The molecule has 1 fully saturated rings. The van der Waals surface area contributed by atoms with E-state index in [0.29, 0.717) is 11.9 Å². The fourth-order valence-corrected chi connectivity index (χ4v) is 3.66. The molecule has 1 saturated heterocycles. The monoisotopic (exact) mass is 323 g/mol. The molecule has 1 unspecified atom stereocenters. The van der Waals surface area contributed by atoms with E-state index in [1.165, 1.54) is 29.0 Å². The summed E-state index contributed by atoms with van der Waals surface area (Å²) in [5.41, 5.74) is 3.63. The minimum absolute atomic E-state index is 0.514. The molecule has 5 heteroatoms. The van der Waals surface area contributed by atoms with E-state index < -0.39 is 0 Å². The zero-order chi connectivity index (χ0) is 16.5. The van der Waals surface area contributed by atoms with Crippen molar-refractivity contribution < 1.29 is 9.42 Å². The molecule has 0 aliphatic carbocycles. The standard InChI is InChI=1S/C19H22N4O/c1-14-7-9-15(10-8-14)19-20-18(24-21-19)13-23-12-4-6-17(23)16-5-3-11-22(16)2/h3,5,7-11,17H,4,6,12-13H2,1-2H3/p+1/t17-/m1/s1. The van der Waals surface area contributed by atoms with Crippen LogP contribution in [0.1, 0.15) is 36.0 Å². The molecule has 0 amide bonds. The van der Waals surface area contributed by atoms with Crippen molar-refractivity contribution in [3.63, 3.8) is 0 Å². The lowest BCUT2D eigenvalue weighted by Gasteiger charge is -2.20. The predicted octanol–water partition coefficient (Wildman–Crippen LogP) is 2.30. The third kappa shape index (κ3) is 2.87. The number of hydrogen-bond acceptors (Lipinski definition) is 3. The van der Waals surface area contributed by atoms with E-state index in [0.717, 1.165) is 24.5 Å². The van der Waals surface area contributed by atoms with Crippen LogP contribution in [0.4, 0.5) is 0 Å². The van der Waals surface area contributed by atoms with Gasteiger partial charge in [0.15, 0.2) is 6.54 Å². The molecule has 2 atom stereocenters. The Morgan fingerprint density at radius 1 is 1.25 bits per heavy atom. The van der Waals surface area contributed by atoms with Gasteiger partial charge in [-0.1, -0.05) is 35.0 Å². The minimum atomic E-state index is 0.514. The second kappa shape index (κ2) is 6.24. The molecule has 0 bridgehead atoms. The summed E-state index contributed by atoms with van der Waals surface area (Å²) < 4.78 is 7.74. The summed E-state index contributed by atoms with van der Waals surface area (Å²) in [6.45, 7) is 4.01. The van der Waals surface area contributed by atoms with Crippen molar-refractivity contribution in [2.75, 3.05) is 6.54 Å². The molecule has 124 valence electrons. The number of aromatic nitrogens is 3. The molecule has 24 heavy (non-hydrogen) atoms. The molecule has 2 aromatic heterocycles. The summed E-state index contributed by atoms with van der Waals surface area (Å²) >= 11 is 0. The SMILES string of the molecule is Cc1ccc(-c2noc(C[NH+]3CCC[C@@H]3c3cccn3C)n2)cc1. The molecule has 1 aliphatic rings. The van der Waals surface area contributed by atoms with Gasteiger partial charge in [0.05, 0.1) is 12.2 Å². The lowest BCUT2D eigenvalue weighted by Crippen LogP contribution is -3.09. The first-order valence-corrected chi connectivity index (χ1v) is 8.56. The van der Waals surface area contributed by atoms with Crippen LogP contribution in [0.5, 0.6) is 0 Å². The van der Waals surface area contributed by atoms with Crippen LogP contribution in [0, 0.1) is 6.92 Å². The lowest BCUT2D eigenvalue weighted by atomic mass is 10.1. The summed E-state index contributed by atoms with van der Waals surface area (Å²) in [5, 5.41) is 4.16. The molecular formula is C19H23N4O+. The fraction of sp³-hybridized carbons (Fsp3) is 0.368. The Morgan fingerprint density at radius 2 is 2.08 bits per heavy atom. The van der Waals surface area contributed by atoms with Gasteiger partial charge in [-0.3, -0.25) is 0 Å². The maximum absolute atomic E-state index is 5.52. The Labute approximate surface area is 141 Å². The van der Waals surface area contributed by atoms with Crippen LogP contribution < -0.4 is 4.90 Å². The molecule has 1 aromatic carbocycles. The van der Waals surface area contributed by atoms with Crippen molar-refractivity contribution >= 4 is 0 Å². The van der Waals surface area contributed by atoms with Gasteiger partial charge < -0.3 is 14.0 Å². The molecular weight excluding hydrogens is 300 g/mol. The number of rotatable bonds is 4. The zero-order valence-electron chi connectivity index (χ0n) is 14.2. The van der Waals surface area contributed by atoms with Crippen molar-refractivity contribution in [2.45, 2.75) is 32.4 Å². The van der Waals surface area contributed by atoms with E-state index in [-0.39, 0.29) is 0 Å². The van der Waals surface area contributed by atoms with Crippen molar-refractivity contribution in [3.05, 3.63) is 59.7 Å². The first-order chi connectivity index (χ1) is 11.7. The predicted molar refractivity (Wildman–Crippen MR) is 91.4 cm³/mol.